The maximum atomic E-state index is 12.5. The van der Waals surface area contributed by atoms with Gasteiger partial charge >= 0.3 is 0 Å². The molecular formula is C17H12N2O2. The van der Waals surface area contributed by atoms with Gasteiger partial charge in [-0.05, 0) is 23.9 Å². The average molecular weight is 276 g/mol. The van der Waals surface area contributed by atoms with Crippen molar-refractivity contribution in [3.8, 4) is 17.6 Å². The molecule has 4 nitrogen and oxygen atoms in total. The van der Waals surface area contributed by atoms with E-state index in [2.05, 4.69) is 0 Å². The van der Waals surface area contributed by atoms with Gasteiger partial charge in [0.05, 0.1) is 5.69 Å². The standard InChI is InChI=1S/C17H12N2O2/c1-11-9-16(20)19(17(21)14(11)10-18)15-8-4-6-12-5-2-3-7-13(12)15/h2-9,20H,1H3. The molecule has 0 saturated heterocycles. The van der Waals surface area contributed by atoms with Crippen LogP contribution in [0.25, 0.3) is 16.5 Å². The molecule has 3 aromatic rings. The van der Waals surface area contributed by atoms with Crippen LogP contribution in [0.4, 0.5) is 0 Å². The summed E-state index contributed by atoms with van der Waals surface area (Å²) in [5, 5.41) is 21.1. The Balaban J connectivity index is 2.45. The zero-order valence-corrected chi connectivity index (χ0v) is 11.4. The number of rotatable bonds is 1. The van der Waals surface area contributed by atoms with Crippen LogP contribution in [0.3, 0.4) is 0 Å². The SMILES string of the molecule is Cc1cc(O)n(-c2cccc3ccccc23)c(=O)c1C#N. The Morgan fingerprint density at radius 3 is 2.62 bits per heavy atom. The lowest BCUT2D eigenvalue weighted by Crippen LogP contribution is -2.22. The molecule has 0 atom stereocenters. The lowest BCUT2D eigenvalue weighted by molar-refractivity contribution is 0.435. The largest absolute Gasteiger partial charge is 0.494 e. The molecule has 4 heteroatoms. The van der Waals surface area contributed by atoms with E-state index in [-0.39, 0.29) is 11.4 Å². The molecule has 2 aromatic carbocycles. The Morgan fingerprint density at radius 2 is 1.86 bits per heavy atom. The fourth-order valence-corrected chi connectivity index (χ4v) is 2.49. The number of nitrogens with zero attached hydrogens (tertiary/aromatic N) is 2. The fourth-order valence-electron chi connectivity index (χ4n) is 2.49. The highest BCUT2D eigenvalue weighted by molar-refractivity contribution is 5.90. The molecule has 0 bridgehead atoms. The van der Waals surface area contributed by atoms with E-state index in [1.165, 1.54) is 10.6 Å². The van der Waals surface area contributed by atoms with Gasteiger partial charge in [0.1, 0.15) is 11.6 Å². The summed E-state index contributed by atoms with van der Waals surface area (Å²) in [5.41, 5.74) is 0.565. The first-order chi connectivity index (χ1) is 10.1. The molecule has 0 radical (unpaired) electrons. The van der Waals surface area contributed by atoms with Gasteiger partial charge in [-0.2, -0.15) is 5.26 Å². The minimum Gasteiger partial charge on any atom is -0.494 e. The van der Waals surface area contributed by atoms with Crippen LogP contribution in [0.15, 0.2) is 53.3 Å². The molecule has 21 heavy (non-hydrogen) atoms. The van der Waals surface area contributed by atoms with E-state index < -0.39 is 5.56 Å². The third-order valence-electron chi connectivity index (χ3n) is 3.51. The number of pyridine rings is 1. The van der Waals surface area contributed by atoms with Gasteiger partial charge in [0.25, 0.3) is 5.56 Å². The number of hydrogen-bond donors (Lipinski definition) is 1. The maximum Gasteiger partial charge on any atom is 0.276 e. The average Bonchev–Trinajstić information content (AvgIpc) is 2.47. The number of benzene rings is 2. The van der Waals surface area contributed by atoms with Crippen LogP contribution >= 0.6 is 0 Å². The zero-order chi connectivity index (χ0) is 15.0. The number of hydrogen-bond acceptors (Lipinski definition) is 3. The second kappa shape index (κ2) is 4.80. The first-order valence-corrected chi connectivity index (χ1v) is 6.47. The molecule has 0 aliphatic rings. The van der Waals surface area contributed by atoms with E-state index >= 15 is 0 Å². The highest BCUT2D eigenvalue weighted by Crippen LogP contribution is 2.25. The smallest absolute Gasteiger partial charge is 0.276 e. The van der Waals surface area contributed by atoms with E-state index in [0.29, 0.717) is 11.3 Å². The Labute approximate surface area is 121 Å². The van der Waals surface area contributed by atoms with Crippen LogP contribution in [-0.2, 0) is 0 Å². The quantitative estimate of drug-likeness (QED) is 0.743. The summed E-state index contributed by atoms with van der Waals surface area (Å²) in [6.45, 7) is 1.63. The summed E-state index contributed by atoms with van der Waals surface area (Å²) >= 11 is 0. The Hall–Kier alpha value is -3.06. The van der Waals surface area contributed by atoms with Crippen LogP contribution in [0.5, 0.6) is 5.88 Å². The summed E-state index contributed by atoms with van der Waals surface area (Å²) in [6.07, 6.45) is 0. The Bertz CT molecular complexity index is 944. The summed E-state index contributed by atoms with van der Waals surface area (Å²) in [7, 11) is 0. The fraction of sp³-hybridized carbons (Fsp3) is 0.0588. The third-order valence-corrected chi connectivity index (χ3v) is 3.51. The maximum absolute atomic E-state index is 12.5. The molecule has 1 aromatic heterocycles. The summed E-state index contributed by atoms with van der Waals surface area (Å²) in [4.78, 5) is 12.5. The third kappa shape index (κ3) is 1.96. The van der Waals surface area contributed by atoms with Crippen molar-refractivity contribution in [2.24, 2.45) is 0 Å². The predicted octanol–water partition coefficient (Wildman–Crippen LogP) is 2.88. The minimum absolute atomic E-state index is 0.0423. The highest BCUT2D eigenvalue weighted by Gasteiger charge is 2.14. The second-order valence-electron chi connectivity index (χ2n) is 4.81. The van der Waals surface area contributed by atoms with Crippen molar-refractivity contribution in [3.05, 3.63) is 70.0 Å². The van der Waals surface area contributed by atoms with Gasteiger partial charge in [-0.25, -0.2) is 4.57 Å². The Kier molecular flexibility index (Phi) is 2.96. The van der Waals surface area contributed by atoms with Gasteiger partial charge in [0.2, 0.25) is 0 Å². The molecule has 1 heterocycles. The van der Waals surface area contributed by atoms with Crippen molar-refractivity contribution in [2.45, 2.75) is 6.92 Å². The van der Waals surface area contributed by atoms with Crippen LogP contribution in [0.2, 0.25) is 0 Å². The number of fused-ring (bicyclic) bond motifs is 1. The van der Waals surface area contributed by atoms with Crippen molar-refractivity contribution < 1.29 is 5.11 Å². The lowest BCUT2D eigenvalue weighted by Gasteiger charge is -2.12. The van der Waals surface area contributed by atoms with Crippen LogP contribution in [0, 0.1) is 18.3 Å². The van der Waals surface area contributed by atoms with Gasteiger partial charge in [0.15, 0.2) is 5.88 Å². The van der Waals surface area contributed by atoms with E-state index in [4.69, 9.17) is 5.26 Å². The summed E-state index contributed by atoms with van der Waals surface area (Å²) in [6, 6.07) is 16.4. The topological polar surface area (TPSA) is 66.0 Å². The molecule has 0 saturated carbocycles. The molecule has 0 aliphatic heterocycles. The molecule has 1 N–H and O–H groups in total. The molecule has 0 unspecified atom stereocenters. The van der Waals surface area contributed by atoms with Crippen molar-refractivity contribution in [2.75, 3.05) is 0 Å². The van der Waals surface area contributed by atoms with E-state index in [1.807, 2.05) is 42.5 Å². The molecule has 0 fully saturated rings. The van der Waals surface area contributed by atoms with Crippen LogP contribution < -0.4 is 5.56 Å². The summed E-state index contributed by atoms with van der Waals surface area (Å²) < 4.78 is 1.17. The van der Waals surface area contributed by atoms with E-state index in [0.717, 1.165) is 10.8 Å². The normalized spacial score (nSPS) is 10.5. The Morgan fingerprint density at radius 1 is 1.14 bits per heavy atom. The van der Waals surface area contributed by atoms with Crippen LogP contribution in [-0.4, -0.2) is 9.67 Å². The first kappa shape index (κ1) is 12.9. The van der Waals surface area contributed by atoms with Crippen molar-refractivity contribution >= 4 is 10.8 Å². The van der Waals surface area contributed by atoms with Gasteiger partial charge in [-0.1, -0.05) is 36.4 Å². The van der Waals surface area contributed by atoms with Gasteiger partial charge < -0.3 is 5.11 Å². The summed E-state index contributed by atoms with van der Waals surface area (Å²) in [5.74, 6) is -0.173. The molecule has 0 aliphatic carbocycles. The minimum atomic E-state index is -0.508. The van der Waals surface area contributed by atoms with Crippen molar-refractivity contribution in [1.82, 2.24) is 4.57 Å². The number of aromatic nitrogens is 1. The molecular weight excluding hydrogens is 264 g/mol. The van der Waals surface area contributed by atoms with Crippen molar-refractivity contribution in [1.29, 1.82) is 5.26 Å². The van der Waals surface area contributed by atoms with Crippen LogP contribution in [0.1, 0.15) is 11.1 Å². The highest BCUT2D eigenvalue weighted by atomic mass is 16.3. The molecule has 0 amide bonds. The molecule has 3 rings (SSSR count). The van der Waals surface area contributed by atoms with Gasteiger partial charge in [0, 0.05) is 11.5 Å². The predicted molar refractivity (Wildman–Crippen MR) is 80.7 cm³/mol. The number of nitriles is 1. The van der Waals surface area contributed by atoms with E-state index in [1.54, 1.807) is 13.0 Å². The van der Waals surface area contributed by atoms with Crippen molar-refractivity contribution in [3.63, 3.8) is 0 Å². The van der Waals surface area contributed by atoms with Gasteiger partial charge in [-0.3, -0.25) is 4.79 Å². The molecule has 102 valence electrons. The zero-order valence-electron chi connectivity index (χ0n) is 11.4. The number of aromatic hydroxyl groups is 1. The molecule has 0 spiro atoms. The van der Waals surface area contributed by atoms with E-state index in [9.17, 15) is 9.90 Å². The lowest BCUT2D eigenvalue weighted by atomic mass is 10.1. The monoisotopic (exact) mass is 276 g/mol. The van der Waals surface area contributed by atoms with Gasteiger partial charge in [-0.15, -0.1) is 0 Å². The number of aryl methyl sites for hydroxylation is 1. The second-order valence-corrected chi connectivity index (χ2v) is 4.81. The first-order valence-electron chi connectivity index (χ1n) is 6.47.